The zero-order chi connectivity index (χ0) is 22.4. The van der Waals surface area contributed by atoms with Crippen LogP contribution in [0.4, 0.5) is 5.69 Å². The lowest BCUT2D eigenvalue weighted by atomic mass is 9.98. The monoisotopic (exact) mass is 445 g/mol. The molecular weight excluding hydrogens is 426 g/mol. The van der Waals surface area contributed by atoms with Crippen LogP contribution in [0.15, 0.2) is 75.9 Å². The highest BCUT2D eigenvalue weighted by atomic mass is 35.5. The molecule has 4 aromatic rings. The minimum atomic E-state index is -0.629. The van der Waals surface area contributed by atoms with Crippen LogP contribution in [0.25, 0.3) is 11.0 Å². The molecule has 5 nitrogen and oxygen atoms in total. The van der Waals surface area contributed by atoms with E-state index in [1.54, 1.807) is 30.2 Å². The summed E-state index contributed by atoms with van der Waals surface area (Å²) in [5, 5.41) is 0.785. The molecule has 1 unspecified atom stereocenters. The molecule has 5 rings (SSSR count). The van der Waals surface area contributed by atoms with Crippen LogP contribution in [0.1, 0.15) is 40.2 Å². The Bertz CT molecular complexity index is 1390. The maximum absolute atomic E-state index is 13.6. The lowest BCUT2D eigenvalue weighted by molar-refractivity contribution is 0.0971. The van der Waals surface area contributed by atoms with Crippen molar-refractivity contribution < 1.29 is 13.9 Å². The third kappa shape index (κ3) is 3.17. The average molecular weight is 446 g/mol. The molecule has 1 amide bonds. The van der Waals surface area contributed by atoms with Gasteiger partial charge in [-0.2, -0.15) is 0 Å². The summed E-state index contributed by atoms with van der Waals surface area (Å²) in [5.74, 6) is 0.402. The number of amides is 1. The Kier molecular flexibility index (Phi) is 4.98. The van der Waals surface area contributed by atoms with Crippen molar-refractivity contribution >= 4 is 34.2 Å². The van der Waals surface area contributed by atoms with Gasteiger partial charge in [-0.25, -0.2) is 0 Å². The molecule has 0 saturated carbocycles. The van der Waals surface area contributed by atoms with Gasteiger partial charge < -0.3 is 9.15 Å². The Morgan fingerprint density at radius 1 is 1.00 bits per heavy atom. The Morgan fingerprint density at radius 3 is 2.38 bits per heavy atom. The van der Waals surface area contributed by atoms with Crippen LogP contribution in [0, 0.1) is 0 Å². The first-order chi connectivity index (χ1) is 15.5. The topological polar surface area (TPSA) is 59.8 Å². The second-order valence-electron chi connectivity index (χ2n) is 7.69. The second-order valence-corrected chi connectivity index (χ2v) is 8.12. The molecule has 0 radical (unpaired) electrons. The SMILES string of the molecule is CCc1ccc(N2C(=O)c3oc4ccc(Cl)cc4c(=O)c3C2c2ccc(OC)cc2)cc1. The van der Waals surface area contributed by atoms with Gasteiger partial charge in [-0.3, -0.25) is 14.5 Å². The van der Waals surface area contributed by atoms with Crippen molar-refractivity contribution in [3.63, 3.8) is 0 Å². The quantitative estimate of drug-likeness (QED) is 0.400. The number of nitrogens with zero attached hydrogens (tertiary/aromatic N) is 1. The van der Waals surface area contributed by atoms with Crippen molar-refractivity contribution in [3.8, 4) is 5.75 Å². The van der Waals surface area contributed by atoms with E-state index in [1.807, 2.05) is 48.5 Å². The minimum Gasteiger partial charge on any atom is -0.497 e. The number of ether oxygens (including phenoxy) is 1. The van der Waals surface area contributed by atoms with Gasteiger partial charge in [0.2, 0.25) is 5.76 Å². The number of rotatable bonds is 4. The molecule has 1 atom stereocenters. The van der Waals surface area contributed by atoms with Crippen LogP contribution in [-0.4, -0.2) is 13.0 Å². The Balaban J connectivity index is 1.77. The van der Waals surface area contributed by atoms with E-state index in [9.17, 15) is 9.59 Å². The molecule has 0 N–H and O–H groups in total. The highest BCUT2D eigenvalue weighted by molar-refractivity contribution is 6.31. The summed E-state index contributed by atoms with van der Waals surface area (Å²) in [4.78, 5) is 28.8. The van der Waals surface area contributed by atoms with Gasteiger partial charge in [0.05, 0.1) is 24.1 Å². The van der Waals surface area contributed by atoms with E-state index in [-0.39, 0.29) is 17.1 Å². The molecule has 6 heteroatoms. The van der Waals surface area contributed by atoms with Gasteiger partial charge in [-0.05, 0) is 60.0 Å². The standard InChI is InChI=1S/C26H20ClNO4/c1-3-15-4-9-18(10-5-15)28-23(16-6-11-19(31-2)12-7-16)22-24(29)20-14-17(27)8-13-21(20)32-25(22)26(28)30/h4-14,23H,3H2,1-2H3. The van der Waals surface area contributed by atoms with Gasteiger partial charge in [-0.15, -0.1) is 0 Å². The van der Waals surface area contributed by atoms with Crippen LogP contribution < -0.4 is 15.1 Å². The average Bonchev–Trinajstić information content (AvgIpc) is 3.12. The highest BCUT2D eigenvalue weighted by Crippen LogP contribution is 2.41. The lowest BCUT2D eigenvalue weighted by Crippen LogP contribution is -2.29. The van der Waals surface area contributed by atoms with Gasteiger partial charge in [0.1, 0.15) is 11.3 Å². The fraction of sp³-hybridized carbons (Fsp3) is 0.154. The van der Waals surface area contributed by atoms with Gasteiger partial charge in [0.25, 0.3) is 5.91 Å². The van der Waals surface area contributed by atoms with Gasteiger partial charge >= 0.3 is 0 Å². The normalized spacial score (nSPS) is 15.3. The maximum Gasteiger partial charge on any atom is 0.295 e. The number of anilines is 1. The number of aryl methyl sites for hydroxylation is 1. The van der Waals surface area contributed by atoms with Crippen LogP contribution in [0.2, 0.25) is 5.02 Å². The maximum atomic E-state index is 13.6. The summed E-state index contributed by atoms with van der Waals surface area (Å²) in [6.45, 7) is 2.07. The van der Waals surface area contributed by atoms with Crippen LogP contribution in [0.5, 0.6) is 5.75 Å². The predicted molar refractivity (Wildman–Crippen MR) is 125 cm³/mol. The first-order valence-electron chi connectivity index (χ1n) is 10.3. The van der Waals surface area contributed by atoms with E-state index in [0.717, 1.165) is 17.5 Å². The summed E-state index contributed by atoms with van der Waals surface area (Å²) in [7, 11) is 1.59. The summed E-state index contributed by atoms with van der Waals surface area (Å²) < 4.78 is 11.2. The fourth-order valence-corrected chi connectivity index (χ4v) is 4.38. The molecule has 0 saturated heterocycles. The Hall–Kier alpha value is -3.57. The molecule has 1 aliphatic heterocycles. The molecule has 1 aliphatic rings. The van der Waals surface area contributed by atoms with Crippen LogP contribution >= 0.6 is 11.6 Å². The minimum absolute atomic E-state index is 0.0604. The number of hydrogen-bond acceptors (Lipinski definition) is 4. The molecule has 32 heavy (non-hydrogen) atoms. The molecule has 0 bridgehead atoms. The number of methoxy groups -OCH3 is 1. The zero-order valence-electron chi connectivity index (χ0n) is 17.6. The van der Waals surface area contributed by atoms with Crippen molar-refractivity contribution in [2.24, 2.45) is 0 Å². The third-order valence-electron chi connectivity index (χ3n) is 5.89. The van der Waals surface area contributed by atoms with Gasteiger partial charge in [0.15, 0.2) is 5.43 Å². The van der Waals surface area contributed by atoms with Crippen LogP contribution in [-0.2, 0) is 6.42 Å². The zero-order valence-corrected chi connectivity index (χ0v) is 18.3. The largest absolute Gasteiger partial charge is 0.497 e. The van der Waals surface area contributed by atoms with Crippen molar-refractivity contribution in [3.05, 3.63) is 104 Å². The van der Waals surface area contributed by atoms with E-state index in [4.69, 9.17) is 20.8 Å². The number of fused-ring (bicyclic) bond motifs is 2. The number of halogens is 1. The molecule has 0 spiro atoms. The van der Waals surface area contributed by atoms with Crippen molar-refractivity contribution in [1.82, 2.24) is 0 Å². The van der Waals surface area contributed by atoms with E-state index >= 15 is 0 Å². The molecule has 0 fully saturated rings. The Labute approximate surface area is 189 Å². The van der Waals surface area contributed by atoms with Gasteiger partial charge in [-0.1, -0.05) is 42.8 Å². The number of carbonyl (C=O) groups is 1. The molecule has 3 aromatic carbocycles. The summed E-state index contributed by atoms with van der Waals surface area (Å²) in [6.07, 6.45) is 0.891. The van der Waals surface area contributed by atoms with Crippen molar-refractivity contribution in [2.75, 3.05) is 12.0 Å². The van der Waals surface area contributed by atoms with Gasteiger partial charge in [0, 0.05) is 10.7 Å². The molecule has 0 aliphatic carbocycles. The molecule has 2 heterocycles. The first-order valence-corrected chi connectivity index (χ1v) is 10.7. The van der Waals surface area contributed by atoms with E-state index in [1.165, 1.54) is 0 Å². The summed E-state index contributed by atoms with van der Waals surface area (Å²) in [6, 6.07) is 19.3. The van der Waals surface area contributed by atoms with Crippen molar-refractivity contribution in [1.29, 1.82) is 0 Å². The number of carbonyl (C=O) groups excluding carboxylic acids is 1. The van der Waals surface area contributed by atoms with Crippen molar-refractivity contribution in [2.45, 2.75) is 19.4 Å². The fourth-order valence-electron chi connectivity index (χ4n) is 4.21. The molecule has 160 valence electrons. The summed E-state index contributed by atoms with van der Waals surface area (Å²) in [5.41, 5.74) is 3.03. The summed E-state index contributed by atoms with van der Waals surface area (Å²) >= 11 is 6.14. The third-order valence-corrected chi connectivity index (χ3v) is 6.12. The molecule has 1 aromatic heterocycles. The highest BCUT2D eigenvalue weighted by Gasteiger charge is 2.43. The van der Waals surface area contributed by atoms with E-state index in [2.05, 4.69) is 6.92 Å². The van der Waals surface area contributed by atoms with E-state index in [0.29, 0.717) is 33.0 Å². The predicted octanol–water partition coefficient (Wildman–Crippen LogP) is 5.77. The van der Waals surface area contributed by atoms with Crippen LogP contribution in [0.3, 0.4) is 0 Å². The second kappa shape index (κ2) is 7.84. The smallest absolute Gasteiger partial charge is 0.295 e. The number of hydrogen-bond donors (Lipinski definition) is 0. The Morgan fingerprint density at radius 2 is 1.72 bits per heavy atom. The van der Waals surface area contributed by atoms with E-state index < -0.39 is 6.04 Å². The first kappa shape index (κ1) is 20.3. The lowest BCUT2D eigenvalue weighted by Gasteiger charge is -2.25. The number of benzene rings is 3. The molecular formula is C26H20ClNO4.